The molecule has 3 aromatic rings. The van der Waals surface area contributed by atoms with Crippen LogP contribution in [0.2, 0.25) is 0 Å². The van der Waals surface area contributed by atoms with Gasteiger partial charge in [0.2, 0.25) is 0 Å². The molecule has 5 nitrogen and oxygen atoms in total. The standard InChI is InChI=1S/C12H11FN4O/c13-7-1-2-9-8(5-7)10-11(17-9)12(14-3-4-18)16-6-15-10/h1-2,5-6,17-18H,3-4H2,(H,14,15,16). The van der Waals surface area contributed by atoms with E-state index in [2.05, 4.69) is 20.3 Å². The van der Waals surface area contributed by atoms with Gasteiger partial charge >= 0.3 is 0 Å². The van der Waals surface area contributed by atoms with E-state index in [1.165, 1.54) is 18.5 Å². The number of nitrogens with zero attached hydrogens (tertiary/aromatic N) is 2. The van der Waals surface area contributed by atoms with Crippen LogP contribution < -0.4 is 5.32 Å². The van der Waals surface area contributed by atoms with Crippen LogP contribution in [0.25, 0.3) is 21.9 Å². The number of halogens is 1. The van der Waals surface area contributed by atoms with Crippen LogP contribution in [0.1, 0.15) is 0 Å². The Balaban J connectivity index is 2.25. The lowest BCUT2D eigenvalue weighted by molar-refractivity contribution is 0.311. The van der Waals surface area contributed by atoms with Crippen LogP contribution in [0.4, 0.5) is 10.2 Å². The highest BCUT2D eigenvalue weighted by atomic mass is 19.1. The lowest BCUT2D eigenvalue weighted by atomic mass is 10.2. The van der Waals surface area contributed by atoms with Crippen molar-refractivity contribution in [3.8, 4) is 0 Å². The first-order valence-corrected chi connectivity index (χ1v) is 5.56. The fraction of sp³-hybridized carbons (Fsp3) is 0.167. The number of aliphatic hydroxyl groups excluding tert-OH is 1. The van der Waals surface area contributed by atoms with Crippen LogP contribution in [0.5, 0.6) is 0 Å². The molecular weight excluding hydrogens is 235 g/mol. The topological polar surface area (TPSA) is 73.8 Å². The molecule has 0 bridgehead atoms. The second kappa shape index (κ2) is 4.23. The zero-order valence-electron chi connectivity index (χ0n) is 9.44. The first-order chi connectivity index (χ1) is 8.79. The van der Waals surface area contributed by atoms with Gasteiger partial charge in [0.05, 0.1) is 6.61 Å². The molecule has 0 aliphatic carbocycles. The summed E-state index contributed by atoms with van der Waals surface area (Å²) in [4.78, 5) is 11.4. The lowest BCUT2D eigenvalue weighted by Gasteiger charge is -2.03. The summed E-state index contributed by atoms with van der Waals surface area (Å²) in [6.07, 6.45) is 1.42. The predicted molar refractivity (Wildman–Crippen MR) is 66.9 cm³/mol. The van der Waals surface area contributed by atoms with Gasteiger partial charge in [-0.05, 0) is 18.2 Å². The summed E-state index contributed by atoms with van der Waals surface area (Å²) in [5, 5.41) is 12.5. The van der Waals surface area contributed by atoms with Gasteiger partial charge in [-0.3, -0.25) is 0 Å². The SMILES string of the molecule is OCCNc1ncnc2c1[nH]c1ccc(F)cc12. The van der Waals surface area contributed by atoms with Gasteiger partial charge in [0.15, 0.2) is 5.82 Å². The van der Waals surface area contributed by atoms with Crippen molar-refractivity contribution in [2.45, 2.75) is 0 Å². The summed E-state index contributed by atoms with van der Waals surface area (Å²) in [6, 6.07) is 4.51. The van der Waals surface area contributed by atoms with E-state index in [-0.39, 0.29) is 12.4 Å². The fourth-order valence-electron chi connectivity index (χ4n) is 1.97. The minimum Gasteiger partial charge on any atom is -0.395 e. The molecule has 2 aromatic heterocycles. The van der Waals surface area contributed by atoms with E-state index >= 15 is 0 Å². The van der Waals surface area contributed by atoms with Gasteiger partial charge < -0.3 is 15.4 Å². The Morgan fingerprint density at radius 3 is 3.06 bits per heavy atom. The molecule has 0 aliphatic heterocycles. The highest BCUT2D eigenvalue weighted by molar-refractivity contribution is 6.07. The Morgan fingerprint density at radius 2 is 2.22 bits per heavy atom. The van der Waals surface area contributed by atoms with E-state index < -0.39 is 0 Å². The van der Waals surface area contributed by atoms with Gasteiger partial charge in [-0.15, -0.1) is 0 Å². The number of hydrogen-bond acceptors (Lipinski definition) is 4. The maximum Gasteiger partial charge on any atom is 0.153 e. The second-order valence-electron chi connectivity index (χ2n) is 3.91. The van der Waals surface area contributed by atoms with Crippen LogP contribution >= 0.6 is 0 Å². The Hall–Kier alpha value is -2.21. The van der Waals surface area contributed by atoms with Crippen molar-refractivity contribution in [2.75, 3.05) is 18.5 Å². The largest absolute Gasteiger partial charge is 0.395 e. The third kappa shape index (κ3) is 1.67. The van der Waals surface area contributed by atoms with E-state index in [4.69, 9.17) is 5.11 Å². The molecule has 1 aromatic carbocycles. The van der Waals surface area contributed by atoms with Crippen molar-refractivity contribution in [2.24, 2.45) is 0 Å². The molecule has 3 rings (SSSR count). The Bertz CT molecular complexity index is 710. The molecule has 0 spiro atoms. The number of nitrogens with one attached hydrogen (secondary N) is 2. The molecule has 0 aliphatic rings. The Kier molecular flexibility index (Phi) is 2.56. The van der Waals surface area contributed by atoms with Crippen LogP contribution in [-0.4, -0.2) is 33.2 Å². The normalized spacial score (nSPS) is 11.2. The molecule has 0 saturated heterocycles. The number of aliphatic hydroxyl groups is 1. The summed E-state index contributed by atoms with van der Waals surface area (Å²) < 4.78 is 13.2. The number of fused-ring (bicyclic) bond motifs is 3. The van der Waals surface area contributed by atoms with Crippen molar-refractivity contribution in [3.63, 3.8) is 0 Å². The highest BCUT2D eigenvalue weighted by Gasteiger charge is 2.10. The van der Waals surface area contributed by atoms with E-state index in [1.54, 1.807) is 6.07 Å². The molecular formula is C12H11FN4O. The second-order valence-corrected chi connectivity index (χ2v) is 3.91. The molecule has 6 heteroatoms. The number of aromatic nitrogens is 3. The summed E-state index contributed by atoms with van der Waals surface area (Å²) in [5.74, 6) is 0.303. The Labute approximate surface area is 102 Å². The third-order valence-corrected chi connectivity index (χ3v) is 2.75. The van der Waals surface area contributed by atoms with Crippen molar-refractivity contribution in [3.05, 3.63) is 30.3 Å². The van der Waals surface area contributed by atoms with Crippen LogP contribution in [0.15, 0.2) is 24.5 Å². The van der Waals surface area contributed by atoms with Crippen molar-refractivity contribution < 1.29 is 9.50 Å². The monoisotopic (exact) mass is 246 g/mol. The summed E-state index contributed by atoms with van der Waals surface area (Å²) in [6.45, 7) is 0.413. The summed E-state index contributed by atoms with van der Waals surface area (Å²) in [5.41, 5.74) is 2.19. The molecule has 0 fully saturated rings. The summed E-state index contributed by atoms with van der Waals surface area (Å²) >= 11 is 0. The smallest absolute Gasteiger partial charge is 0.153 e. The number of hydrogen-bond donors (Lipinski definition) is 3. The van der Waals surface area contributed by atoms with E-state index in [9.17, 15) is 4.39 Å². The number of aromatic amines is 1. The van der Waals surface area contributed by atoms with Crippen LogP contribution in [-0.2, 0) is 0 Å². The molecule has 0 saturated carbocycles. The van der Waals surface area contributed by atoms with E-state index in [0.717, 1.165) is 10.9 Å². The fourth-order valence-corrected chi connectivity index (χ4v) is 1.97. The number of anilines is 1. The number of rotatable bonds is 3. The van der Waals surface area contributed by atoms with Gasteiger partial charge in [0.1, 0.15) is 23.2 Å². The van der Waals surface area contributed by atoms with Gasteiger partial charge in [-0.1, -0.05) is 0 Å². The minimum atomic E-state index is -0.299. The molecule has 92 valence electrons. The highest BCUT2D eigenvalue weighted by Crippen LogP contribution is 2.27. The molecule has 2 heterocycles. The van der Waals surface area contributed by atoms with Crippen LogP contribution in [0.3, 0.4) is 0 Å². The van der Waals surface area contributed by atoms with Gasteiger partial charge in [-0.25, -0.2) is 14.4 Å². The zero-order valence-corrected chi connectivity index (χ0v) is 9.44. The molecule has 0 radical (unpaired) electrons. The average molecular weight is 246 g/mol. The van der Waals surface area contributed by atoms with Gasteiger partial charge in [0, 0.05) is 17.4 Å². The number of benzene rings is 1. The average Bonchev–Trinajstić information content (AvgIpc) is 2.75. The lowest BCUT2D eigenvalue weighted by Crippen LogP contribution is -2.07. The first-order valence-electron chi connectivity index (χ1n) is 5.56. The minimum absolute atomic E-state index is 0.0142. The molecule has 0 unspecified atom stereocenters. The van der Waals surface area contributed by atoms with Crippen molar-refractivity contribution in [1.82, 2.24) is 15.0 Å². The summed E-state index contributed by atoms with van der Waals surface area (Å²) in [7, 11) is 0. The Morgan fingerprint density at radius 1 is 1.33 bits per heavy atom. The maximum absolute atomic E-state index is 13.2. The zero-order chi connectivity index (χ0) is 12.5. The molecule has 3 N–H and O–H groups in total. The predicted octanol–water partition coefficient (Wildman–Crippen LogP) is 1.65. The van der Waals surface area contributed by atoms with Crippen molar-refractivity contribution >= 4 is 27.8 Å². The maximum atomic E-state index is 13.2. The first kappa shape index (κ1) is 10.9. The molecule has 0 amide bonds. The van der Waals surface area contributed by atoms with Gasteiger partial charge in [0.25, 0.3) is 0 Å². The number of H-pyrrole nitrogens is 1. The third-order valence-electron chi connectivity index (χ3n) is 2.75. The van der Waals surface area contributed by atoms with Gasteiger partial charge in [-0.2, -0.15) is 0 Å². The van der Waals surface area contributed by atoms with Crippen molar-refractivity contribution in [1.29, 1.82) is 0 Å². The molecule has 18 heavy (non-hydrogen) atoms. The van der Waals surface area contributed by atoms with Crippen LogP contribution in [0, 0.1) is 5.82 Å². The van der Waals surface area contributed by atoms with E-state index in [0.29, 0.717) is 23.4 Å². The molecule has 0 atom stereocenters. The quantitative estimate of drug-likeness (QED) is 0.657. The van der Waals surface area contributed by atoms with E-state index in [1.807, 2.05) is 0 Å².